The molecular weight excluding hydrogens is 199 g/mol. The number of hydrogen-bond acceptors (Lipinski definition) is 5. The Hall–Kier alpha value is -1.27. The molecular formula is C9H15FN4O. The molecule has 15 heavy (non-hydrogen) atoms. The molecule has 0 radical (unpaired) electrons. The molecule has 1 aromatic rings. The van der Waals surface area contributed by atoms with Gasteiger partial charge in [-0.2, -0.15) is 0 Å². The standard InChI is InChI=1S/C9H15FN4O/c1-15-5-4-14(3-2-11)9-12-6-8(10)7-13-9/h6-7H,2-5,11H2,1H3. The van der Waals surface area contributed by atoms with E-state index < -0.39 is 5.82 Å². The Morgan fingerprint density at radius 1 is 1.40 bits per heavy atom. The third-order valence-corrected chi connectivity index (χ3v) is 1.85. The summed E-state index contributed by atoms with van der Waals surface area (Å²) < 4.78 is 17.5. The van der Waals surface area contributed by atoms with Gasteiger partial charge in [0.25, 0.3) is 0 Å². The van der Waals surface area contributed by atoms with Crippen molar-refractivity contribution < 1.29 is 9.13 Å². The van der Waals surface area contributed by atoms with Crippen LogP contribution in [0.15, 0.2) is 12.4 Å². The molecule has 0 aliphatic heterocycles. The fourth-order valence-corrected chi connectivity index (χ4v) is 1.14. The topological polar surface area (TPSA) is 64.3 Å². The zero-order chi connectivity index (χ0) is 11.1. The second-order valence-electron chi connectivity index (χ2n) is 2.97. The Labute approximate surface area is 88.1 Å². The molecule has 0 aliphatic carbocycles. The number of halogens is 1. The fraction of sp³-hybridized carbons (Fsp3) is 0.556. The SMILES string of the molecule is COCCN(CCN)c1ncc(F)cn1. The van der Waals surface area contributed by atoms with Crippen LogP contribution in [0.4, 0.5) is 10.3 Å². The third-order valence-electron chi connectivity index (χ3n) is 1.85. The van der Waals surface area contributed by atoms with Crippen LogP contribution in [0.2, 0.25) is 0 Å². The van der Waals surface area contributed by atoms with Gasteiger partial charge in [-0.15, -0.1) is 0 Å². The van der Waals surface area contributed by atoms with E-state index in [1.807, 2.05) is 4.90 Å². The highest BCUT2D eigenvalue weighted by Crippen LogP contribution is 2.05. The molecule has 0 aromatic carbocycles. The highest BCUT2D eigenvalue weighted by Gasteiger charge is 2.07. The largest absolute Gasteiger partial charge is 0.383 e. The van der Waals surface area contributed by atoms with E-state index in [0.29, 0.717) is 32.2 Å². The summed E-state index contributed by atoms with van der Waals surface area (Å²) in [5.74, 6) is 0.0251. The first-order chi connectivity index (χ1) is 7.27. The second-order valence-corrected chi connectivity index (χ2v) is 2.97. The Bertz CT molecular complexity index is 280. The predicted octanol–water partition coefficient (Wildman–Crippen LogP) is 0.0272. The van der Waals surface area contributed by atoms with Crippen LogP contribution >= 0.6 is 0 Å². The van der Waals surface area contributed by atoms with Gasteiger partial charge in [-0.05, 0) is 0 Å². The first-order valence-corrected chi connectivity index (χ1v) is 4.69. The summed E-state index contributed by atoms with van der Waals surface area (Å²) in [5, 5.41) is 0. The highest BCUT2D eigenvalue weighted by molar-refractivity contribution is 5.28. The summed E-state index contributed by atoms with van der Waals surface area (Å²) >= 11 is 0. The maximum absolute atomic E-state index is 12.6. The molecule has 1 aromatic heterocycles. The minimum absolute atomic E-state index is 0.446. The molecule has 0 aliphatic rings. The van der Waals surface area contributed by atoms with Crippen molar-refractivity contribution in [2.75, 3.05) is 38.3 Å². The summed E-state index contributed by atoms with van der Waals surface area (Å²) in [6.07, 6.45) is 2.28. The number of aromatic nitrogens is 2. The van der Waals surface area contributed by atoms with Gasteiger partial charge >= 0.3 is 0 Å². The molecule has 0 saturated carbocycles. The van der Waals surface area contributed by atoms with Gasteiger partial charge in [0.05, 0.1) is 19.0 Å². The van der Waals surface area contributed by atoms with E-state index in [1.165, 1.54) is 0 Å². The van der Waals surface area contributed by atoms with Crippen LogP contribution in [0.5, 0.6) is 0 Å². The van der Waals surface area contributed by atoms with Crippen molar-refractivity contribution >= 4 is 5.95 Å². The molecule has 1 heterocycles. The van der Waals surface area contributed by atoms with Crippen molar-refractivity contribution in [3.8, 4) is 0 Å². The minimum atomic E-state index is -0.446. The van der Waals surface area contributed by atoms with E-state index >= 15 is 0 Å². The molecule has 5 nitrogen and oxygen atoms in total. The first-order valence-electron chi connectivity index (χ1n) is 4.69. The number of anilines is 1. The van der Waals surface area contributed by atoms with E-state index in [2.05, 4.69) is 9.97 Å². The van der Waals surface area contributed by atoms with Crippen molar-refractivity contribution in [2.24, 2.45) is 5.73 Å². The third kappa shape index (κ3) is 3.77. The lowest BCUT2D eigenvalue weighted by molar-refractivity contribution is 0.205. The van der Waals surface area contributed by atoms with Gasteiger partial charge in [0.2, 0.25) is 5.95 Å². The second kappa shape index (κ2) is 6.26. The maximum Gasteiger partial charge on any atom is 0.225 e. The van der Waals surface area contributed by atoms with Gasteiger partial charge in [0.15, 0.2) is 5.82 Å². The summed E-state index contributed by atoms with van der Waals surface area (Å²) in [4.78, 5) is 9.61. The molecule has 0 fully saturated rings. The van der Waals surface area contributed by atoms with Crippen molar-refractivity contribution in [2.45, 2.75) is 0 Å². The lowest BCUT2D eigenvalue weighted by Gasteiger charge is -2.20. The number of ether oxygens (including phenoxy) is 1. The summed E-state index contributed by atoms with van der Waals surface area (Å²) in [6.45, 7) is 2.31. The van der Waals surface area contributed by atoms with Crippen LogP contribution < -0.4 is 10.6 Å². The molecule has 0 saturated heterocycles. The molecule has 1 rings (SSSR count). The van der Waals surface area contributed by atoms with E-state index in [-0.39, 0.29) is 0 Å². The van der Waals surface area contributed by atoms with Crippen molar-refractivity contribution in [3.63, 3.8) is 0 Å². The Morgan fingerprint density at radius 2 is 2.07 bits per heavy atom. The van der Waals surface area contributed by atoms with Gasteiger partial charge in [0, 0.05) is 26.7 Å². The van der Waals surface area contributed by atoms with Crippen molar-refractivity contribution in [1.29, 1.82) is 0 Å². The molecule has 0 spiro atoms. The summed E-state index contributed by atoms with van der Waals surface area (Å²) in [5.41, 5.74) is 5.46. The Morgan fingerprint density at radius 3 is 2.60 bits per heavy atom. The fourth-order valence-electron chi connectivity index (χ4n) is 1.14. The molecule has 0 amide bonds. The average molecular weight is 214 g/mol. The van der Waals surface area contributed by atoms with Gasteiger partial charge in [-0.3, -0.25) is 0 Å². The van der Waals surface area contributed by atoms with Gasteiger partial charge < -0.3 is 15.4 Å². The molecule has 2 N–H and O–H groups in total. The van der Waals surface area contributed by atoms with E-state index in [4.69, 9.17) is 10.5 Å². The molecule has 6 heteroatoms. The zero-order valence-electron chi connectivity index (χ0n) is 8.69. The van der Waals surface area contributed by atoms with E-state index in [0.717, 1.165) is 12.4 Å². The van der Waals surface area contributed by atoms with Crippen LogP contribution in [0, 0.1) is 5.82 Å². The molecule has 84 valence electrons. The Kier molecular flexibility index (Phi) is 4.92. The monoisotopic (exact) mass is 214 g/mol. The number of nitrogens with two attached hydrogens (primary N) is 1. The molecule has 0 unspecified atom stereocenters. The lowest BCUT2D eigenvalue weighted by Crippen LogP contribution is -2.33. The van der Waals surface area contributed by atoms with Gasteiger partial charge in [0.1, 0.15) is 0 Å². The number of rotatable bonds is 6. The summed E-state index contributed by atoms with van der Waals surface area (Å²) in [6, 6.07) is 0. The van der Waals surface area contributed by atoms with Gasteiger partial charge in [-0.1, -0.05) is 0 Å². The van der Waals surface area contributed by atoms with Crippen molar-refractivity contribution in [3.05, 3.63) is 18.2 Å². The number of hydrogen-bond donors (Lipinski definition) is 1. The van der Waals surface area contributed by atoms with Crippen LogP contribution in [-0.2, 0) is 4.74 Å². The minimum Gasteiger partial charge on any atom is -0.383 e. The average Bonchev–Trinajstić information content (AvgIpc) is 2.25. The van der Waals surface area contributed by atoms with Crippen LogP contribution in [0.25, 0.3) is 0 Å². The number of nitrogens with zero attached hydrogens (tertiary/aromatic N) is 3. The Balaban J connectivity index is 2.65. The quantitative estimate of drug-likeness (QED) is 0.723. The van der Waals surface area contributed by atoms with E-state index in [1.54, 1.807) is 7.11 Å². The smallest absolute Gasteiger partial charge is 0.225 e. The molecule has 0 atom stereocenters. The van der Waals surface area contributed by atoms with Crippen LogP contribution in [0.3, 0.4) is 0 Å². The maximum atomic E-state index is 12.6. The van der Waals surface area contributed by atoms with Crippen LogP contribution in [0.1, 0.15) is 0 Å². The van der Waals surface area contributed by atoms with E-state index in [9.17, 15) is 4.39 Å². The lowest BCUT2D eigenvalue weighted by atomic mass is 10.5. The van der Waals surface area contributed by atoms with Crippen molar-refractivity contribution in [1.82, 2.24) is 9.97 Å². The molecule has 0 bridgehead atoms. The normalized spacial score (nSPS) is 10.3. The number of methoxy groups -OCH3 is 1. The van der Waals surface area contributed by atoms with Crippen LogP contribution in [-0.4, -0.2) is 43.3 Å². The van der Waals surface area contributed by atoms with Gasteiger partial charge in [-0.25, -0.2) is 14.4 Å². The zero-order valence-corrected chi connectivity index (χ0v) is 8.69. The summed E-state index contributed by atoms with van der Waals surface area (Å²) in [7, 11) is 1.62. The highest BCUT2D eigenvalue weighted by atomic mass is 19.1. The predicted molar refractivity (Wildman–Crippen MR) is 55.1 cm³/mol. The first kappa shape index (κ1) is 11.8.